The number of carbonyl (C=O) groups is 1. The first kappa shape index (κ1) is 20.4. The van der Waals surface area contributed by atoms with Gasteiger partial charge in [0.2, 0.25) is 0 Å². The lowest BCUT2D eigenvalue weighted by atomic mass is 10.1. The van der Waals surface area contributed by atoms with Gasteiger partial charge in [0.05, 0.1) is 13.6 Å². The fourth-order valence-corrected chi connectivity index (χ4v) is 10.4. The summed E-state index contributed by atoms with van der Waals surface area (Å²) < 4.78 is 5.87. The lowest BCUT2D eigenvalue weighted by Gasteiger charge is -2.38. The van der Waals surface area contributed by atoms with E-state index in [9.17, 15) is 4.79 Å². The van der Waals surface area contributed by atoms with Gasteiger partial charge in [-0.15, -0.1) is 0 Å². The van der Waals surface area contributed by atoms with Crippen LogP contribution in [0, 0.1) is 0 Å². The first-order valence-electron chi connectivity index (χ1n) is 9.98. The van der Waals surface area contributed by atoms with Crippen LogP contribution in [0.5, 0.6) is 5.75 Å². The van der Waals surface area contributed by atoms with Crippen LogP contribution in [-0.2, 0) is 4.79 Å². The summed E-state index contributed by atoms with van der Waals surface area (Å²) in [7, 11) is -1.86. The third kappa shape index (κ3) is 5.07. The van der Waals surface area contributed by atoms with Gasteiger partial charge in [-0.25, -0.2) is 0 Å². The first-order valence-corrected chi connectivity index (χ1v) is 12.7. The molecule has 0 N–H and O–H groups in total. The molecular formula is C23H32O2Si. The molecule has 2 nitrogen and oxygen atoms in total. The maximum absolute atomic E-state index is 13.4. The molecule has 0 saturated heterocycles. The predicted molar refractivity (Wildman–Crippen MR) is 112 cm³/mol. The van der Waals surface area contributed by atoms with E-state index in [1.807, 2.05) is 48.5 Å². The second-order valence-electron chi connectivity index (χ2n) is 7.19. The van der Waals surface area contributed by atoms with Crippen molar-refractivity contribution in [2.75, 3.05) is 0 Å². The van der Waals surface area contributed by atoms with Crippen molar-refractivity contribution < 1.29 is 9.53 Å². The van der Waals surface area contributed by atoms with Crippen molar-refractivity contribution in [2.45, 2.75) is 63.7 Å². The molecule has 0 aliphatic carbocycles. The summed E-state index contributed by atoms with van der Waals surface area (Å²) in [5.41, 5.74) is 1.04. The highest BCUT2D eigenvalue weighted by Gasteiger charge is 2.44. The Morgan fingerprint density at radius 3 is 1.73 bits per heavy atom. The van der Waals surface area contributed by atoms with Crippen LogP contribution < -0.4 is 4.74 Å². The fraction of sp³-hybridized carbons (Fsp3) is 0.435. The summed E-state index contributed by atoms with van der Waals surface area (Å²) in [4.78, 5) is 13.4. The topological polar surface area (TPSA) is 26.3 Å². The van der Waals surface area contributed by atoms with Crippen LogP contribution in [0.4, 0.5) is 0 Å². The Bertz CT molecular complexity index is 637. The van der Waals surface area contributed by atoms with Crippen molar-refractivity contribution in [3.63, 3.8) is 0 Å². The average molecular weight is 369 g/mol. The molecule has 0 aliphatic heterocycles. The minimum Gasteiger partial charge on any atom is -0.426 e. The number of benzene rings is 2. The van der Waals surface area contributed by atoms with Gasteiger partial charge in [-0.2, -0.15) is 0 Å². The van der Waals surface area contributed by atoms with Crippen LogP contribution in [0.1, 0.15) is 51.1 Å². The van der Waals surface area contributed by atoms with Gasteiger partial charge in [-0.3, -0.25) is 4.79 Å². The SMILES string of the molecule is CCC[Si](CCC)(CCC)[C@@H](C(=O)Oc1ccccc1)c1ccccc1. The molecule has 0 fully saturated rings. The van der Waals surface area contributed by atoms with Gasteiger partial charge in [0, 0.05) is 0 Å². The summed E-state index contributed by atoms with van der Waals surface area (Å²) in [5, 5.41) is 0. The first-order chi connectivity index (χ1) is 12.7. The summed E-state index contributed by atoms with van der Waals surface area (Å²) in [6, 6.07) is 23.4. The van der Waals surface area contributed by atoms with Gasteiger partial charge >= 0.3 is 5.97 Å². The van der Waals surface area contributed by atoms with E-state index in [2.05, 4.69) is 32.9 Å². The van der Waals surface area contributed by atoms with Crippen molar-refractivity contribution in [3.05, 3.63) is 66.2 Å². The molecule has 1 atom stereocenters. The smallest absolute Gasteiger partial charge is 0.315 e. The zero-order valence-electron chi connectivity index (χ0n) is 16.4. The summed E-state index contributed by atoms with van der Waals surface area (Å²) in [6.45, 7) is 6.74. The number of esters is 1. The molecule has 0 heterocycles. The molecule has 0 saturated carbocycles. The average Bonchev–Trinajstić information content (AvgIpc) is 2.64. The Labute approximate surface area is 159 Å². The Kier molecular flexibility index (Phi) is 8.11. The van der Waals surface area contributed by atoms with Crippen LogP contribution in [0.3, 0.4) is 0 Å². The molecule has 26 heavy (non-hydrogen) atoms. The molecule has 2 rings (SSSR count). The number of hydrogen-bond acceptors (Lipinski definition) is 2. The van der Waals surface area contributed by atoms with Crippen LogP contribution in [0.2, 0.25) is 18.1 Å². The number of para-hydroxylation sites is 1. The summed E-state index contributed by atoms with van der Waals surface area (Å²) >= 11 is 0. The molecule has 0 aromatic heterocycles. The van der Waals surface area contributed by atoms with Gasteiger partial charge in [0.1, 0.15) is 5.75 Å². The molecular weight excluding hydrogens is 336 g/mol. The van der Waals surface area contributed by atoms with Gasteiger partial charge in [-0.05, 0) is 17.7 Å². The molecule has 2 aromatic carbocycles. The van der Waals surface area contributed by atoms with Crippen molar-refractivity contribution in [2.24, 2.45) is 0 Å². The number of carbonyl (C=O) groups excluding carboxylic acids is 1. The molecule has 0 spiro atoms. The zero-order valence-corrected chi connectivity index (χ0v) is 17.4. The van der Waals surface area contributed by atoms with Crippen molar-refractivity contribution in [1.82, 2.24) is 0 Å². The van der Waals surface area contributed by atoms with E-state index in [4.69, 9.17) is 4.74 Å². The minimum absolute atomic E-state index is 0.0654. The molecule has 3 heteroatoms. The molecule has 2 aromatic rings. The number of ether oxygens (including phenoxy) is 1. The van der Waals surface area contributed by atoms with Crippen LogP contribution in [0.25, 0.3) is 0 Å². The lowest BCUT2D eigenvalue weighted by Crippen LogP contribution is -2.46. The fourth-order valence-electron chi connectivity index (χ4n) is 4.35. The Morgan fingerprint density at radius 2 is 1.27 bits per heavy atom. The van der Waals surface area contributed by atoms with Crippen LogP contribution in [-0.4, -0.2) is 14.0 Å². The third-order valence-electron chi connectivity index (χ3n) is 5.19. The highest BCUT2D eigenvalue weighted by atomic mass is 28.3. The lowest BCUT2D eigenvalue weighted by molar-refractivity contribution is -0.134. The van der Waals surface area contributed by atoms with Crippen molar-refractivity contribution in [1.29, 1.82) is 0 Å². The minimum atomic E-state index is -1.86. The second kappa shape index (κ2) is 10.3. The van der Waals surface area contributed by atoms with Gasteiger partial charge in [0.25, 0.3) is 0 Å². The second-order valence-corrected chi connectivity index (χ2v) is 12.0. The van der Waals surface area contributed by atoms with E-state index in [0.717, 1.165) is 24.8 Å². The van der Waals surface area contributed by atoms with Gasteiger partial charge in [-0.1, -0.05) is 107 Å². The van der Waals surface area contributed by atoms with Crippen LogP contribution >= 0.6 is 0 Å². The summed E-state index contributed by atoms with van der Waals surface area (Å²) in [6.07, 6.45) is 3.40. The monoisotopic (exact) mass is 368 g/mol. The van der Waals surface area contributed by atoms with Gasteiger partial charge in [0.15, 0.2) is 0 Å². The zero-order chi connectivity index (χ0) is 18.8. The molecule has 0 amide bonds. The number of rotatable bonds is 10. The molecule has 0 aliphatic rings. The largest absolute Gasteiger partial charge is 0.426 e. The van der Waals surface area contributed by atoms with Crippen molar-refractivity contribution in [3.8, 4) is 5.75 Å². The van der Waals surface area contributed by atoms with Crippen LogP contribution in [0.15, 0.2) is 60.7 Å². The molecule has 140 valence electrons. The van der Waals surface area contributed by atoms with Crippen molar-refractivity contribution >= 4 is 14.0 Å². The Morgan fingerprint density at radius 1 is 0.808 bits per heavy atom. The van der Waals surface area contributed by atoms with E-state index < -0.39 is 8.07 Å². The summed E-state index contributed by atoms with van der Waals surface area (Å²) in [5.74, 6) is 0.579. The normalized spacial score (nSPS) is 12.6. The maximum atomic E-state index is 13.4. The number of hydrogen-bond donors (Lipinski definition) is 0. The van der Waals surface area contributed by atoms with E-state index in [-0.39, 0.29) is 11.5 Å². The predicted octanol–water partition coefficient (Wildman–Crippen LogP) is 6.59. The Hall–Kier alpha value is -1.87. The standard InChI is InChI=1S/C23H32O2Si/c1-4-17-26(18-5-2,19-6-3)22(20-13-9-7-10-14-20)23(24)25-21-15-11-8-12-16-21/h7-16,22H,4-6,17-19H2,1-3H3/t22-/m1/s1. The van der Waals surface area contributed by atoms with E-state index in [1.165, 1.54) is 18.1 Å². The molecule has 0 radical (unpaired) electrons. The third-order valence-corrected chi connectivity index (χ3v) is 11.5. The molecule has 0 unspecified atom stereocenters. The quantitative estimate of drug-likeness (QED) is 0.268. The van der Waals surface area contributed by atoms with E-state index in [1.54, 1.807) is 0 Å². The maximum Gasteiger partial charge on any atom is 0.315 e. The highest BCUT2D eigenvalue weighted by molar-refractivity contribution is 6.83. The Balaban J connectivity index is 2.45. The van der Waals surface area contributed by atoms with E-state index in [0.29, 0.717) is 5.75 Å². The molecule has 0 bridgehead atoms. The highest BCUT2D eigenvalue weighted by Crippen LogP contribution is 2.40. The van der Waals surface area contributed by atoms with E-state index >= 15 is 0 Å². The van der Waals surface area contributed by atoms with Gasteiger partial charge < -0.3 is 4.74 Å².